The Morgan fingerprint density at radius 3 is 2.78 bits per heavy atom. The zero-order chi connectivity index (χ0) is 13.6. The minimum absolute atomic E-state index is 0.0896. The molecule has 0 bridgehead atoms. The third-order valence-electron chi connectivity index (χ3n) is 1.85. The number of oxime groups is 1. The van der Waals surface area contributed by atoms with Gasteiger partial charge in [0.1, 0.15) is 12.3 Å². The number of nitrogens with two attached hydrogens (primary N) is 1. The van der Waals surface area contributed by atoms with Gasteiger partial charge in [-0.3, -0.25) is 0 Å². The quantitative estimate of drug-likeness (QED) is 0.264. The number of hydrogen-bond donors (Lipinski definition) is 2. The molecule has 100 valence electrons. The van der Waals surface area contributed by atoms with E-state index in [-0.39, 0.29) is 17.4 Å². The van der Waals surface area contributed by atoms with E-state index in [1.165, 1.54) is 12.3 Å². The molecule has 1 rings (SSSR count). The average Bonchev–Trinajstić information content (AvgIpc) is 2.33. The third-order valence-corrected chi connectivity index (χ3v) is 1.85. The van der Waals surface area contributed by atoms with Gasteiger partial charge in [0.05, 0.1) is 12.2 Å². The van der Waals surface area contributed by atoms with Crippen molar-refractivity contribution in [3.8, 4) is 6.01 Å². The summed E-state index contributed by atoms with van der Waals surface area (Å²) in [4.78, 5) is 7.88. The molecule has 1 aromatic rings. The van der Waals surface area contributed by atoms with E-state index in [0.29, 0.717) is 18.9 Å². The summed E-state index contributed by atoms with van der Waals surface area (Å²) in [6.07, 6.45) is 1.47. The van der Waals surface area contributed by atoms with E-state index in [9.17, 15) is 0 Å². The molecule has 0 spiro atoms. The lowest BCUT2D eigenvalue weighted by Crippen LogP contribution is -2.23. The molecule has 0 saturated heterocycles. The second kappa shape index (κ2) is 6.15. The van der Waals surface area contributed by atoms with E-state index in [1.54, 1.807) is 0 Å². The summed E-state index contributed by atoms with van der Waals surface area (Å²) in [5.41, 5.74) is 5.50. The van der Waals surface area contributed by atoms with Crippen LogP contribution in [0.5, 0.6) is 6.01 Å². The molecule has 3 N–H and O–H groups in total. The fourth-order valence-corrected chi connectivity index (χ4v) is 1.09. The molecule has 0 aliphatic carbocycles. The Balaban J connectivity index is 2.48. The standard InChI is InChI=1S/C11H18N4O3/c1-11(2,3)18-7-6-17-10-13-5-4-8(14-10)9(12)15-16/h4-5,16H,6-7H2,1-3H3,(H2,12,15). The van der Waals surface area contributed by atoms with Crippen LogP contribution in [0.2, 0.25) is 0 Å². The zero-order valence-corrected chi connectivity index (χ0v) is 10.8. The van der Waals surface area contributed by atoms with Crippen LogP contribution < -0.4 is 10.5 Å². The van der Waals surface area contributed by atoms with Crippen LogP contribution in [-0.4, -0.2) is 39.8 Å². The maximum atomic E-state index is 8.52. The molecule has 18 heavy (non-hydrogen) atoms. The average molecular weight is 254 g/mol. The van der Waals surface area contributed by atoms with Crippen molar-refractivity contribution in [2.24, 2.45) is 10.9 Å². The Morgan fingerprint density at radius 2 is 2.17 bits per heavy atom. The van der Waals surface area contributed by atoms with Gasteiger partial charge in [0.2, 0.25) is 0 Å². The van der Waals surface area contributed by atoms with E-state index >= 15 is 0 Å². The first-order chi connectivity index (χ1) is 8.42. The van der Waals surface area contributed by atoms with Crippen molar-refractivity contribution in [3.05, 3.63) is 18.0 Å². The largest absolute Gasteiger partial charge is 0.461 e. The highest BCUT2D eigenvalue weighted by atomic mass is 16.5. The molecule has 0 atom stereocenters. The monoisotopic (exact) mass is 254 g/mol. The minimum atomic E-state index is -0.208. The summed E-state index contributed by atoms with van der Waals surface area (Å²) in [6.45, 7) is 6.64. The van der Waals surface area contributed by atoms with Gasteiger partial charge in [0.15, 0.2) is 5.84 Å². The fourth-order valence-electron chi connectivity index (χ4n) is 1.09. The van der Waals surface area contributed by atoms with E-state index in [2.05, 4.69) is 15.1 Å². The predicted octanol–water partition coefficient (Wildman–Crippen LogP) is 0.765. The van der Waals surface area contributed by atoms with Gasteiger partial charge in [-0.05, 0) is 26.8 Å². The zero-order valence-electron chi connectivity index (χ0n) is 10.8. The highest BCUT2D eigenvalue weighted by Gasteiger charge is 2.10. The van der Waals surface area contributed by atoms with Crippen LogP contribution in [0.15, 0.2) is 17.4 Å². The van der Waals surface area contributed by atoms with Gasteiger partial charge in [0.25, 0.3) is 0 Å². The van der Waals surface area contributed by atoms with Crippen LogP contribution in [0.4, 0.5) is 0 Å². The lowest BCUT2D eigenvalue weighted by atomic mass is 10.2. The molecule has 1 aromatic heterocycles. The Labute approximate surface area is 106 Å². The van der Waals surface area contributed by atoms with Crippen molar-refractivity contribution in [2.45, 2.75) is 26.4 Å². The normalized spacial score (nSPS) is 12.5. The molecule has 0 unspecified atom stereocenters. The highest BCUT2D eigenvalue weighted by molar-refractivity contribution is 5.95. The van der Waals surface area contributed by atoms with Gasteiger partial charge in [0, 0.05) is 6.20 Å². The van der Waals surface area contributed by atoms with Crippen LogP contribution in [0.25, 0.3) is 0 Å². The smallest absolute Gasteiger partial charge is 0.317 e. The van der Waals surface area contributed by atoms with Crippen LogP contribution >= 0.6 is 0 Å². The lowest BCUT2D eigenvalue weighted by Gasteiger charge is -2.19. The first-order valence-corrected chi connectivity index (χ1v) is 5.50. The molecule has 0 radical (unpaired) electrons. The van der Waals surface area contributed by atoms with Crippen molar-refractivity contribution in [1.29, 1.82) is 0 Å². The number of rotatable bonds is 5. The van der Waals surface area contributed by atoms with Gasteiger partial charge < -0.3 is 20.4 Å². The third kappa shape index (κ3) is 4.96. The molecule has 0 saturated carbocycles. The molecular weight excluding hydrogens is 236 g/mol. The molecule has 0 aliphatic heterocycles. The van der Waals surface area contributed by atoms with Crippen molar-refractivity contribution in [2.75, 3.05) is 13.2 Å². The summed E-state index contributed by atoms with van der Waals surface area (Å²) in [5.74, 6) is -0.0896. The Kier molecular flexibility index (Phi) is 4.85. The predicted molar refractivity (Wildman–Crippen MR) is 65.7 cm³/mol. The summed E-state index contributed by atoms with van der Waals surface area (Å²) < 4.78 is 10.8. The Morgan fingerprint density at radius 1 is 1.44 bits per heavy atom. The summed E-state index contributed by atoms with van der Waals surface area (Å²) in [7, 11) is 0. The van der Waals surface area contributed by atoms with Crippen molar-refractivity contribution < 1.29 is 14.7 Å². The van der Waals surface area contributed by atoms with Crippen molar-refractivity contribution >= 4 is 5.84 Å². The van der Waals surface area contributed by atoms with E-state index in [0.717, 1.165) is 0 Å². The van der Waals surface area contributed by atoms with Crippen LogP contribution in [0.3, 0.4) is 0 Å². The topological polar surface area (TPSA) is 103 Å². The van der Waals surface area contributed by atoms with Gasteiger partial charge >= 0.3 is 6.01 Å². The second-order valence-electron chi connectivity index (χ2n) is 4.52. The molecule has 0 aromatic carbocycles. The second-order valence-corrected chi connectivity index (χ2v) is 4.52. The van der Waals surface area contributed by atoms with Gasteiger partial charge in [-0.1, -0.05) is 5.16 Å². The van der Waals surface area contributed by atoms with Crippen LogP contribution in [0, 0.1) is 0 Å². The molecule has 1 heterocycles. The number of nitrogens with zero attached hydrogens (tertiary/aromatic N) is 3. The van der Waals surface area contributed by atoms with Gasteiger partial charge in [-0.2, -0.15) is 4.98 Å². The number of amidine groups is 1. The molecule has 7 heteroatoms. The van der Waals surface area contributed by atoms with Crippen LogP contribution in [0.1, 0.15) is 26.5 Å². The van der Waals surface area contributed by atoms with Crippen LogP contribution in [-0.2, 0) is 4.74 Å². The SMILES string of the molecule is CC(C)(C)OCCOc1nccc(/C(N)=N/O)n1. The van der Waals surface area contributed by atoms with Crippen molar-refractivity contribution in [1.82, 2.24) is 9.97 Å². The highest BCUT2D eigenvalue weighted by Crippen LogP contribution is 2.07. The lowest BCUT2D eigenvalue weighted by molar-refractivity contribution is -0.0173. The molecule has 0 fully saturated rings. The maximum absolute atomic E-state index is 8.52. The van der Waals surface area contributed by atoms with E-state index < -0.39 is 0 Å². The first-order valence-electron chi connectivity index (χ1n) is 5.50. The van der Waals surface area contributed by atoms with Gasteiger partial charge in [-0.25, -0.2) is 4.98 Å². The minimum Gasteiger partial charge on any atom is -0.461 e. The molecule has 0 amide bonds. The maximum Gasteiger partial charge on any atom is 0.317 e. The first kappa shape index (κ1) is 14.2. The summed E-state index contributed by atoms with van der Waals surface area (Å²) >= 11 is 0. The Bertz CT molecular complexity index is 415. The number of ether oxygens (including phenoxy) is 2. The molecular formula is C11H18N4O3. The fraction of sp³-hybridized carbons (Fsp3) is 0.545. The van der Waals surface area contributed by atoms with E-state index in [4.69, 9.17) is 20.4 Å². The number of aromatic nitrogens is 2. The molecule has 0 aliphatic rings. The summed E-state index contributed by atoms with van der Waals surface area (Å²) in [5, 5.41) is 11.4. The Hall–Kier alpha value is -1.89. The van der Waals surface area contributed by atoms with Crippen molar-refractivity contribution in [3.63, 3.8) is 0 Å². The summed E-state index contributed by atoms with van der Waals surface area (Å²) in [6, 6.07) is 1.68. The van der Waals surface area contributed by atoms with Gasteiger partial charge in [-0.15, -0.1) is 0 Å². The molecule has 7 nitrogen and oxygen atoms in total. The van der Waals surface area contributed by atoms with E-state index in [1.807, 2.05) is 20.8 Å². The number of hydrogen-bond acceptors (Lipinski definition) is 6.